The van der Waals surface area contributed by atoms with Crippen molar-refractivity contribution in [3.63, 3.8) is 0 Å². The summed E-state index contributed by atoms with van der Waals surface area (Å²) >= 11 is 0. The number of esters is 2. The summed E-state index contributed by atoms with van der Waals surface area (Å²) in [6.45, 7) is 2.40. The van der Waals surface area contributed by atoms with Gasteiger partial charge in [0.1, 0.15) is 12.7 Å². The van der Waals surface area contributed by atoms with Crippen molar-refractivity contribution in [2.24, 2.45) is 0 Å². The maximum absolute atomic E-state index is 12.6. The van der Waals surface area contributed by atoms with Gasteiger partial charge >= 0.3 is 19.8 Å². The average Bonchev–Trinajstić information content (AvgIpc) is 3.16. The molecular formula is C43H83O10P. The molecule has 0 radical (unpaired) electrons. The molecule has 11 heteroatoms. The quantitative estimate of drug-likeness (QED) is 0.0236. The number of hydrogen-bond acceptors (Lipinski definition) is 9. The van der Waals surface area contributed by atoms with Crippen LogP contribution in [0.4, 0.5) is 0 Å². The Bertz CT molecular complexity index is 915. The number of aliphatic hydroxyl groups excluding tert-OH is 2. The van der Waals surface area contributed by atoms with E-state index in [4.69, 9.17) is 23.6 Å². The molecule has 0 aromatic carbocycles. The largest absolute Gasteiger partial charge is 0.472 e. The van der Waals surface area contributed by atoms with Crippen molar-refractivity contribution in [3.8, 4) is 0 Å². The topological polar surface area (TPSA) is 149 Å². The number of carbonyl (C=O) groups excluding carboxylic acids is 2. The van der Waals surface area contributed by atoms with Gasteiger partial charge in [-0.1, -0.05) is 174 Å². The highest BCUT2D eigenvalue weighted by Gasteiger charge is 2.27. The number of rotatable bonds is 42. The van der Waals surface area contributed by atoms with Gasteiger partial charge in [0, 0.05) is 12.8 Å². The maximum atomic E-state index is 12.6. The van der Waals surface area contributed by atoms with Crippen molar-refractivity contribution in [3.05, 3.63) is 12.2 Å². The van der Waals surface area contributed by atoms with E-state index < -0.39 is 51.8 Å². The molecule has 3 unspecified atom stereocenters. The molecule has 3 N–H and O–H groups in total. The number of aliphatic hydroxyl groups is 2. The summed E-state index contributed by atoms with van der Waals surface area (Å²) in [7, 11) is -4.61. The Morgan fingerprint density at radius 1 is 0.537 bits per heavy atom. The van der Waals surface area contributed by atoms with E-state index in [1.807, 2.05) is 0 Å². The summed E-state index contributed by atoms with van der Waals surface area (Å²) < 4.78 is 32.7. The van der Waals surface area contributed by atoms with E-state index in [9.17, 15) is 24.2 Å². The molecule has 3 atom stereocenters. The van der Waals surface area contributed by atoms with Gasteiger partial charge in [0.2, 0.25) is 0 Å². The Balaban J connectivity index is 4.27. The van der Waals surface area contributed by atoms with Crippen LogP contribution in [0.25, 0.3) is 0 Å². The van der Waals surface area contributed by atoms with E-state index in [2.05, 4.69) is 26.0 Å². The highest BCUT2D eigenvalue weighted by molar-refractivity contribution is 7.47. The van der Waals surface area contributed by atoms with Crippen molar-refractivity contribution in [1.29, 1.82) is 0 Å². The zero-order chi connectivity index (χ0) is 39.8. The monoisotopic (exact) mass is 791 g/mol. The van der Waals surface area contributed by atoms with E-state index in [0.717, 1.165) is 57.8 Å². The Labute approximate surface area is 330 Å². The van der Waals surface area contributed by atoms with Gasteiger partial charge in [-0.2, -0.15) is 0 Å². The maximum Gasteiger partial charge on any atom is 0.472 e. The van der Waals surface area contributed by atoms with E-state index in [-0.39, 0.29) is 19.4 Å². The fraction of sp³-hybridized carbons (Fsp3) is 0.907. The molecule has 0 spiro atoms. The van der Waals surface area contributed by atoms with Crippen LogP contribution < -0.4 is 0 Å². The molecule has 0 aromatic heterocycles. The lowest BCUT2D eigenvalue weighted by molar-refractivity contribution is -0.161. The first-order chi connectivity index (χ1) is 26.2. The highest BCUT2D eigenvalue weighted by Crippen LogP contribution is 2.43. The summed E-state index contributed by atoms with van der Waals surface area (Å²) in [6.07, 6.45) is 37.4. The lowest BCUT2D eigenvalue weighted by atomic mass is 10.0. The number of phosphoric ester groups is 1. The van der Waals surface area contributed by atoms with Crippen molar-refractivity contribution >= 4 is 19.8 Å². The third-order valence-electron chi connectivity index (χ3n) is 9.67. The zero-order valence-electron chi connectivity index (χ0n) is 34.7. The number of unbranched alkanes of at least 4 members (excludes halogenated alkanes) is 26. The Hall–Kier alpha value is -1.29. The summed E-state index contributed by atoms with van der Waals surface area (Å²) in [4.78, 5) is 35.0. The van der Waals surface area contributed by atoms with Gasteiger partial charge in [-0.3, -0.25) is 18.6 Å². The minimum Gasteiger partial charge on any atom is -0.462 e. The lowest BCUT2D eigenvalue weighted by Gasteiger charge is -2.20. The summed E-state index contributed by atoms with van der Waals surface area (Å²) in [5.74, 6) is -0.923. The molecule has 0 heterocycles. The van der Waals surface area contributed by atoms with Crippen molar-refractivity contribution < 1.29 is 47.8 Å². The third kappa shape index (κ3) is 39.0. The Morgan fingerprint density at radius 3 is 1.33 bits per heavy atom. The minimum atomic E-state index is -4.61. The van der Waals surface area contributed by atoms with Crippen molar-refractivity contribution in [2.45, 2.75) is 225 Å². The molecule has 0 fully saturated rings. The van der Waals surface area contributed by atoms with Crippen LogP contribution in [0.5, 0.6) is 0 Å². The van der Waals surface area contributed by atoms with Gasteiger partial charge in [0.25, 0.3) is 0 Å². The SMILES string of the molecule is CCCCCCCCC/C=C\CCCCCCCC(=O)OC(COC(=O)CCCCCCCCCCCCCCCCC)COP(=O)(O)OCC(O)CO. The minimum absolute atomic E-state index is 0.178. The number of ether oxygens (including phenoxy) is 2. The molecule has 0 amide bonds. The van der Waals surface area contributed by atoms with E-state index >= 15 is 0 Å². The van der Waals surface area contributed by atoms with Crippen LogP contribution in [0, 0.1) is 0 Å². The lowest BCUT2D eigenvalue weighted by Crippen LogP contribution is -2.29. The van der Waals surface area contributed by atoms with Crippen molar-refractivity contribution in [1.82, 2.24) is 0 Å². The molecule has 0 saturated carbocycles. The molecular weight excluding hydrogens is 707 g/mol. The predicted molar refractivity (Wildman–Crippen MR) is 219 cm³/mol. The van der Waals surface area contributed by atoms with Gasteiger partial charge in [0.15, 0.2) is 6.10 Å². The van der Waals surface area contributed by atoms with Crippen molar-refractivity contribution in [2.75, 3.05) is 26.4 Å². The van der Waals surface area contributed by atoms with Crippen LogP contribution in [0.2, 0.25) is 0 Å². The molecule has 0 bridgehead atoms. The Morgan fingerprint density at radius 2 is 0.907 bits per heavy atom. The molecule has 54 heavy (non-hydrogen) atoms. The third-order valence-corrected chi connectivity index (χ3v) is 10.6. The van der Waals surface area contributed by atoms with Gasteiger partial charge in [-0.05, 0) is 38.5 Å². The standard InChI is InChI=1S/C43H83O10P/c1-3-5-7-9-11-13-15-17-19-21-23-25-27-29-31-33-35-43(47)53-41(39-52-54(48,49)51-37-40(45)36-44)38-50-42(46)34-32-30-28-26-24-22-20-18-16-14-12-10-8-6-4-2/h19,21,40-41,44-45H,3-18,20,22-39H2,1-2H3,(H,48,49)/b21-19-. The van der Waals surface area contributed by atoms with E-state index in [1.54, 1.807) is 0 Å². The molecule has 0 saturated heterocycles. The summed E-state index contributed by atoms with van der Waals surface area (Å²) in [5.41, 5.74) is 0. The average molecular weight is 791 g/mol. The molecule has 0 aliphatic rings. The smallest absolute Gasteiger partial charge is 0.462 e. The molecule has 0 aliphatic heterocycles. The first kappa shape index (κ1) is 52.7. The molecule has 0 aromatic rings. The second-order valence-electron chi connectivity index (χ2n) is 15.1. The summed E-state index contributed by atoms with van der Waals surface area (Å²) in [5, 5.41) is 18.3. The highest BCUT2D eigenvalue weighted by atomic mass is 31.2. The number of carbonyl (C=O) groups is 2. The zero-order valence-corrected chi connectivity index (χ0v) is 35.6. The fourth-order valence-electron chi connectivity index (χ4n) is 6.22. The fourth-order valence-corrected chi connectivity index (χ4v) is 7.01. The predicted octanol–water partition coefficient (Wildman–Crippen LogP) is 11.6. The van der Waals surface area contributed by atoms with Crippen LogP contribution in [0.15, 0.2) is 12.2 Å². The van der Waals surface area contributed by atoms with Crippen LogP contribution in [-0.2, 0) is 32.7 Å². The molecule has 10 nitrogen and oxygen atoms in total. The Kier molecular flexibility index (Phi) is 39.0. The summed E-state index contributed by atoms with van der Waals surface area (Å²) in [6, 6.07) is 0. The van der Waals surface area contributed by atoms with Gasteiger partial charge in [0.05, 0.1) is 19.8 Å². The van der Waals surface area contributed by atoms with Crippen LogP contribution in [0.3, 0.4) is 0 Å². The number of phosphoric acid groups is 1. The van der Waals surface area contributed by atoms with Crippen LogP contribution >= 0.6 is 7.82 Å². The molecule has 0 rings (SSSR count). The normalized spacial score (nSPS) is 13.9. The van der Waals surface area contributed by atoms with Crippen LogP contribution in [0.1, 0.15) is 213 Å². The van der Waals surface area contributed by atoms with Gasteiger partial charge < -0.3 is 24.6 Å². The second kappa shape index (κ2) is 39.9. The number of allylic oxidation sites excluding steroid dienone is 2. The molecule has 0 aliphatic carbocycles. The molecule has 320 valence electrons. The first-order valence-electron chi connectivity index (χ1n) is 22.1. The number of hydrogen-bond donors (Lipinski definition) is 3. The van der Waals surface area contributed by atoms with E-state index in [0.29, 0.717) is 12.8 Å². The first-order valence-corrected chi connectivity index (χ1v) is 23.6. The van der Waals surface area contributed by atoms with Crippen LogP contribution in [-0.4, -0.2) is 65.7 Å². The van der Waals surface area contributed by atoms with Gasteiger partial charge in [-0.15, -0.1) is 0 Å². The van der Waals surface area contributed by atoms with E-state index in [1.165, 1.54) is 116 Å². The van der Waals surface area contributed by atoms with Gasteiger partial charge in [-0.25, -0.2) is 4.57 Å². The second-order valence-corrected chi connectivity index (χ2v) is 16.5.